The number of aromatic nitrogens is 2. The Morgan fingerprint density at radius 2 is 2.21 bits per heavy atom. The molecular weight excluding hydrogens is 242 g/mol. The Kier molecular flexibility index (Phi) is 4.42. The summed E-state index contributed by atoms with van der Waals surface area (Å²) in [5.41, 5.74) is 2.56. The number of hydrogen-bond donors (Lipinski definition) is 2. The van der Waals surface area contributed by atoms with E-state index in [2.05, 4.69) is 34.1 Å². The van der Waals surface area contributed by atoms with Crippen molar-refractivity contribution >= 4 is 11.6 Å². The number of nitrogens with two attached hydrogens (primary N) is 1. The molecule has 0 aliphatic heterocycles. The van der Waals surface area contributed by atoms with Crippen LogP contribution in [-0.4, -0.2) is 29.7 Å². The molecule has 0 saturated heterocycles. The summed E-state index contributed by atoms with van der Waals surface area (Å²) >= 11 is 0. The first-order valence-electron chi connectivity index (χ1n) is 6.79. The first-order valence-corrected chi connectivity index (χ1v) is 6.79. The molecule has 0 bridgehead atoms. The topological polar surface area (TPSA) is 76.3 Å². The van der Waals surface area contributed by atoms with Gasteiger partial charge in [0.05, 0.1) is 7.11 Å². The SMILES string of the molecule is COc1c(NN)ncnc1N(CCC(C)C)C1CC1. The molecule has 0 atom stereocenters. The number of ether oxygens (including phenoxy) is 1. The van der Waals surface area contributed by atoms with E-state index < -0.39 is 0 Å². The van der Waals surface area contributed by atoms with Gasteiger partial charge in [-0.05, 0) is 25.2 Å². The van der Waals surface area contributed by atoms with Crippen LogP contribution in [0.3, 0.4) is 0 Å². The Bertz CT molecular complexity index is 419. The third-order valence-electron chi connectivity index (χ3n) is 3.33. The molecule has 0 unspecified atom stereocenters. The second kappa shape index (κ2) is 6.06. The van der Waals surface area contributed by atoms with Gasteiger partial charge in [0, 0.05) is 12.6 Å². The van der Waals surface area contributed by atoms with Crippen molar-refractivity contribution in [3.63, 3.8) is 0 Å². The van der Waals surface area contributed by atoms with Crippen molar-refractivity contribution < 1.29 is 4.74 Å². The fraction of sp³-hybridized carbons (Fsp3) is 0.692. The number of anilines is 2. The van der Waals surface area contributed by atoms with Crippen LogP contribution in [0.2, 0.25) is 0 Å². The highest BCUT2D eigenvalue weighted by Crippen LogP contribution is 2.38. The van der Waals surface area contributed by atoms with Crippen molar-refractivity contribution in [1.29, 1.82) is 0 Å². The Morgan fingerprint density at radius 1 is 1.47 bits per heavy atom. The van der Waals surface area contributed by atoms with Crippen LogP contribution >= 0.6 is 0 Å². The average molecular weight is 265 g/mol. The smallest absolute Gasteiger partial charge is 0.205 e. The Balaban J connectivity index is 2.25. The number of hydrogen-bond acceptors (Lipinski definition) is 6. The quantitative estimate of drug-likeness (QED) is 0.578. The maximum absolute atomic E-state index is 5.47. The second-order valence-corrected chi connectivity index (χ2v) is 5.33. The van der Waals surface area contributed by atoms with Crippen molar-refractivity contribution in [1.82, 2.24) is 9.97 Å². The minimum Gasteiger partial charge on any atom is -0.490 e. The van der Waals surface area contributed by atoms with Gasteiger partial charge < -0.3 is 15.1 Å². The summed E-state index contributed by atoms with van der Waals surface area (Å²) < 4.78 is 5.42. The summed E-state index contributed by atoms with van der Waals surface area (Å²) in [7, 11) is 1.62. The van der Waals surface area contributed by atoms with E-state index in [0.29, 0.717) is 23.5 Å². The van der Waals surface area contributed by atoms with Gasteiger partial charge >= 0.3 is 0 Å². The Morgan fingerprint density at radius 3 is 2.74 bits per heavy atom. The Labute approximate surface area is 114 Å². The van der Waals surface area contributed by atoms with Gasteiger partial charge in [-0.3, -0.25) is 0 Å². The van der Waals surface area contributed by atoms with Crippen LogP contribution in [0.5, 0.6) is 5.75 Å². The van der Waals surface area contributed by atoms with Crippen molar-refractivity contribution in [2.75, 3.05) is 24.0 Å². The van der Waals surface area contributed by atoms with Gasteiger partial charge in [-0.15, -0.1) is 0 Å². The molecule has 1 saturated carbocycles. The van der Waals surface area contributed by atoms with Gasteiger partial charge in [-0.2, -0.15) is 0 Å². The molecule has 1 aromatic heterocycles. The molecule has 0 radical (unpaired) electrons. The summed E-state index contributed by atoms with van der Waals surface area (Å²) in [6, 6.07) is 0.577. The highest BCUT2D eigenvalue weighted by Gasteiger charge is 2.32. The molecule has 1 heterocycles. The fourth-order valence-electron chi connectivity index (χ4n) is 2.10. The molecule has 0 amide bonds. The molecule has 1 fully saturated rings. The molecule has 0 aromatic carbocycles. The first-order chi connectivity index (χ1) is 9.17. The Hall–Kier alpha value is -1.56. The molecular formula is C13H23N5O. The number of rotatable bonds is 7. The number of methoxy groups -OCH3 is 1. The van der Waals surface area contributed by atoms with Gasteiger partial charge in [0.2, 0.25) is 5.75 Å². The van der Waals surface area contributed by atoms with Crippen molar-refractivity contribution in [2.45, 2.75) is 39.2 Å². The average Bonchev–Trinajstić information content (AvgIpc) is 3.22. The monoisotopic (exact) mass is 265 g/mol. The molecule has 106 valence electrons. The molecule has 2 rings (SSSR count). The minimum absolute atomic E-state index is 0.530. The molecule has 1 aliphatic rings. The van der Waals surface area contributed by atoms with E-state index in [1.54, 1.807) is 7.11 Å². The molecule has 19 heavy (non-hydrogen) atoms. The lowest BCUT2D eigenvalue weighted by Gasteiger charge is -2.26. The molecule has 6 nitrogen and oxygen atoms in total. The zero-order valence-electron chi connectivity index (χ0n) is 11.9. The van der Waals surface area contributed by atoms with Crippen molar-refractivity contribution in [2.24, 2.45) is 11.8 Å². The van der Waals surface area contributed by atoms with Gasteiger partial charge in [-0.1, -0.05) is 13.8 Å². The lowest BCUT2D eigenvalue weighted by molar-refractivity contribution is 0.411. The van der Waals surface area contributed by atoms with Gasteiger partial charge in [0.25, 0.3) is 0 Å². The van der Waals surface area contributed by atoms with Crippen LogP contribution in [0.15, 0.2) is 6.33 Å². The zero-order chi connectivity index (χ0) is 13.8. The third kappa shape index (κ3) is 3.26. The largest absolute Gasteiger partial charge is 0.490 e. The molecule has 3 N–H and O–H groups in total. The normalized spacial score (nSPS) is 14.6. The standard InChI is InChI=1S/C13H23N5O/c1-9(2)6-7-18(10-4-5-10)13-11(19-3)12(17-14)15-8-16-13/h8-10H,4-7,14H2,1-3H3,(H,15,16,17). The van der Waals surface area contributed by atoms with E-state index in [4.69, 9.17) is 10.6 Å². The van der Waals surface area contributed by atoms with Crippen LogP contribution in [0.4, 0.5) is 11.6 Å². The summed E-state index contributed by atoms with van der Waals surface area (Å²) in [5, 5.41) is 0. The predicted octanol–water partition coefficient (Wildman–Crippen LogP) is 1.79. The van der Waals surface area contributed by atoms with Crippen LogP contribution in [-0.2, 0) is 0 Å². The summed E-state index contributed by atoms with van der Waals surface area (Å²) in [4.78, 5) is 10.8. The number of nitrogens with one attached hydrogen (secondary N) is 1. The van der Waals surface area contributed by atoms with Gasteiger partial charge in [-0.25, -0.2) is 15.8 Å². The third-order valence-corrected chi connectivity index (χ3v) is 3.33. The van der Waals surface area contributed by atoms with Crippen molar-refractivity contribution in [3.05, 3.63) is 6.33 Å². The second-order valence-electron chi connectivity index (χ2n) is 5.33. The van der Waals surface area contributed by atoms with Crippen LogP contribution in [0.1, 0.15) is 33.1 Å². The minimum atomic E-state index is 0.530. The highest BCUT2D eigenvalue weighted by molar-refractivity contribution is 5.65. The highest BCUT2D eigenvalue weighted by atomic mass is 16.5. The first kappa shape index (κ1) is 13.9. The van der Waals surface area contributed by atoms with E-state index in [1.807, 2.05) is 0 Å². The van der Waals surface area contributed by atoms with E-state index in [9.17, 15) is 0 Å². The van der Waals surface area contributed by atoms with E-state index in [0.717, 1.165) is 18.8 Å². The van der Waals surface area contributed by atoms with Crippen LogP contribution < -0.4 is 20.9 Å². The molecule has 1 aromatic rings. The lowest BCUT2D eigenvalue weighted by atomic mass is 10.1. The number of nitrogen functional groups attached to an aromatic ring is 1. The maximum atomic E-state index is 5.47. The fourth-order valence-corrected chi connectivity index (χ4v) is 2.10. The van der Waals surface area contributed by atoms with Crippen LogP contribution in [0.25, 0.3) is 0 Å². The van der Waals surface area contributed by atoms with Gasteiger partial charge in [0.1, 0.15) is 6.33 Å². The summed E-state index contributed by atoms with van der Waals surface area (Å²) in [6.07, 6.45) is 5.10. The molecule has 0 spiro atoms. The summed E-state index contributed by atoms with van der Waals surface area (Å²) in [6.45, 7) is 5.45. The zero-order valence-corrected chi connectivity index (χ0v) is 11.9. The number of nitrogens with zero attached hydrogens (tertiary/aromatic N) is 3. The summed E-state index contributed by atoms with van der Waals surface area (Å²) in [5.74, 6) is 8.14. The number of hydrazine groups is 1. The van der Waals surface area contributed by atoms with Crippen LogP contribution in [0, 0.1) is 5.92 Å². The van der Waals surface area contributed by atoms with E-state index in [-0.39, 0.29) is 0 Å². The lowest BCUT2D eigenvalue weighted by Crippen LogP contribution is -2.29. The van der Waals surface area contributed by atoms with Gasteiger partial charge in [0.15, 0.2) is 11.6 Å². The molecule has 6 heteroatoms. The molecule has 1 aliphatic carbocycles. The maximum Gasteiger partial charge on any atom is 0.205 e. The van der Waals surface area contributed by atoms with E-state index in [1.165, 1.54) is 19.2 Å². The van der Waals surface area contributed by atoms with E-state index >= 15 is 0 Å². The predicted molar refractivity (Wildman–Crippen MR) is 76.2 cm³/mol. The van der Waals surface area contributed by atoms with Crippen molar-refractivity contribution in [3.8, 4) is 5.75 Å².